The fourth-order valence-electron chi connectivity index (χ4n) is 2.19. The van der Waals surface area contributed by atoms with Gasteiger partial charge in [0.15, 0.2) is 4.80 Å². The van der Waals surface area contributed by atoms with Gasteiger partial charge in [-0.25, -0.2) is 4.99 Å². The second kappa shape index (κ2) is 7.77. The van der Waals surface area contributed by atoms with Crippen molar-refractivity contribution in [1.82, 2.24) is 4.57 Å². The maximum absolute atomic E-state index is 5.96. The molecule has 0 atom stereocenters. The van der Waals surface area contributed by atoms with E-state index in [1.807, 2.05) is 54.6 Å². The van der Waals surface area contributed by atoms with E-state index in [9.17, 15) is 0 Å². The number of halogens is 2. The van der Waals surface area contributed by atoms with Gasteiger partial charge in [-0.2, -0.15) is 0 Å². The Morgan fingerprint density at radius 2 is 1.73 bits per heavy atom. The van der Waals surface area contributed by atoms with Crippen molar-refractivity contribution in [3.05, 3.63) is 69.8 Å². The summed E-state index contributed by atoms with van der Waals surface area (Å²) in [6.45, 7) is 3.02. The fraction of sp³-hybridized carbons (Fsp3) is 0.118. The molecule has 0 N–H and O–H groups in total. The number of nitrogens with zero attached hydrogens (tertiary/aromatic N) is 2. The molecule has 22 heavy (non-hydrogen) atoms. The first kappa shape index (κ1) is 17.0. The number of hydrogen-bond acceptors (Lipinski definition) is 2. The zero-order chi connectivity index (χ0) is 14.7. The lowest BCUT2D eigenvalue weighted by molar-refractivity contribution is 0.745. The summed E-state index contributed by atoms with van der Waals surface area (Å²) < 4.78 is 2.22. The van der Waals surface area contributed by atoms with Gasteiger partial charge in [0.25, 0.3) is 0 Å². The highest BCUT2D eigenvalue weighted by atomic mass is 79.9. The Hall–Kier alpha value is -1.36. The fourth-order valence-corrected chi connectivity index (χ4v) is 3.31. The van der Waals surface area contributed by atoms with Crippen molar-refractivity contribution in [2.75, 3.05) is 0 Å². The molecule has 114 valence electrons. The minimum absolute atomic E-state index is 0. The van der Waals surface area contributed by atoms with E-state index in [2.05, 4.69) is 16.9 Å². The van der Waals surface area contributed by atoms with Crippen LogP contribution < -0.4 is 4.80 Å². The molecule has 0 aliphatic heterocycles. The molecule has 3 aromatic rings. The third kappa shape index (κ3) is 3.69. The average molecular weight is 396 g/mol. The van der Waals surface area contributed by atoms with E-state index in [0.717, 1.165) is 27.6 Å². The van der Waals surface area contributed by atoms with Gasteiger partial charge in [0.05, 0.1) is 11.4 Å². The predicted molar refractivity (Wildman–Crippen MR) is 100 cm³/mol. The van der Waals surface area contributed by atoms with E-state index < -0.39 is 0 Å². The molecule has 0 aliphatic carbocycles. The van der Waals surface area contributed by atoms with Crippen LogP contribution >= 0.6 is 39.9 Å². The van der Waals surface area contributed by atoms with E-state index in [1.165, 1.54) is 5.69 Å². The number of thiazole rings is 1. The van der Waals surface area contributed by atoms with Crippen LogP contribution in [0.2, 0.25) is 5.02 Å². The van der Waals surface area contributed by atoms with Gasteiger partial charge in [-0.1, -0.05) is 41.9 Å². The number of benzene rings is 2. The standard InChI is InChI=1S/C17H15ClN2S.BrH/c1-2-20-16(13-8-10-14(18)11-9-13)12-21-17(20)19-15-6-4-3-5-7-15;/h3-12H,2H2,1H3;1H. The van der Waals surface area contributed by atoms with Crippen LogP contribution in [0.15, 0.2) is 65.0 Å². The summed E-state index contributed by atoms with van der Waals surface area (Å²) in [7, 11) is 0. The molecular weight excluding hydrogens is 380 g/mol. The Bertz CT molecular complexity index is 792. The topological polar surface area (TPSA) is 17.3 Å². The lowest BCUT2D eigenvalue weighted by Crippen LogP contribution is -2.14. The molecule has 2 aromatic carbocycles. The van der Waals surface area contributed by atoms with Crippen molar-refractivity contribution in [2.45, 2.75) is 13.5 Å². The largest absolute Gasteiger partial charge is 0.317 e. The zero-order valence-corrected chi connectivity index (χ0v) is 15.4. The van der Waals surface area contributed by atoms with Crippen molar-refractivity contribution in [3.63, 3.8) is 0 Å². The molecule has 5 heteroatoms. The van der Waals surface area contributed by atoms with Crippen molar-refractivity contribution in [2.24, 2.45) is 4.99 Å². The molecule has 3 rings (SSSR count). The lowest BCUT2D eigenvalue weighted by Gasteiger charge is -2.06. The van der Waals surface area contributed by atoms with Gasteiger partial charge in [-0.3, -0.25) is 0 Å². The third-order valence-corrected chi connectivity index (χ3v) is 4.35. The van der Waals surface area contributed by atoms with Crippen LogP contribution in [0.1, 0.15) is 6.92 Å². The van der Waals surface area contributed by atoms with E-state index in [-0.39, 0.29) is 17.0 Å². The molecule has 1 heterocycles. The summed E-state index contributed by atoms with van der Waals surface area (Å²) >= 11 is 7.62. The summed E-state index contributed by atoms with van der Waals surface area (Å²) in [5, 5.41) is 2.90. The predicted octanol–water partition coefficient (Wildman–Crippen LogP) is 5.70. The molecule has 0 unspecified atom stereocenters. The van der Waals surface area contributed by atoms with Crippen LogP contribution in [0.4, 0.5) is 5.69 Å². The summed E-state index contributed by atoms with van der Waals surface area (Å²) in [6, 6.07) is 18.0. The van der Waals surface area contributed by atoms with E-state index in [1.54, 1.807) is 11.3 Å². The van der Waals surface area contributed by atoms with Crippen LogP contribution in [-0.4, -0.2) is 4.57 Å². The monoisotopic (exact) mass is 394 g/mol. The maximum Gasteiger partial charge on any atom is 0.190 e. The third-order valence-electron chi connectivity index (χ3n) is 3.23. The molecule has 1 aromatic heterocycles. The maximum atomic E-state index is 5.96. The molecule has 2 nitrogen and oxygen atoms in total. The summed E-state index contributed by atoms with van der Waals surface area (Å²) in [6.07, 6.45) is 0. The first-order valence-electron chi connectivity index (χ1n) is 6.82. The summed E-state index contributed by atoms with van der Waals surface area (Å²) in [5.74, 6) is 0. The second-order valence-corrected chi connectivity index (χ2v) is 5.88. The highest BCUT2D eigenvalue weighted by Crippen LogP contribution is 2.22. The van der Waals surface area contributed by atoms with Crippen LogP contribution in [0.25, 0.3) is 11.3 Å². The summed E-state index contributed by atoms with van der Waals surface area (Å²) in [4.78, 5) is 5.74. The normalized spacial score (nSPS) is 11.3. The molecule has 0 amide bonds. The Kier molecular flexibility index (Phi) is 6.00. The molecule has 0 saturated carbocycles. The highest BCUT2D eigenvalue weighted by molar-refractivity contribution is 8.93. The van der Waals surface area contributed by atoms with E-state index in [0.29, 0.717) is 0 Å². The quantitative estimate of drug-likeness (QED) is 0.541. The Balaban J connectivity index is 0.00000176. The van der Waals surface area contributed by atoms with Gasteiger partial charge in [0, 0.05) is 16.9 Å². The van der Waals surface area contributed by atoms with Gasteiger partial charge in [0.1, 0.15) is 0 Å². The minimum atomic E-state index is 0. The Morgan fingerprint density at radius 3 is 2.36 bits per heavy atom. The number of para-hydroxylation sites is 1. The van der Waals surface area contributed by atoms with Crippen molar-refractivity contribution < 1.29 is 0 Å². The SMILES string of the molecule is Br.CCn1c(-c2ccc(Cl)cc2)csc1=Nc1ccccc1. The van der Waals surface area contributed by atoms with Gasteiger partial charge < -0.3 is 4.57 Å². The zero-order valence-electron chi connectivity index (χ0n) is 12.1. The van der Waals surface area contributed by atoms with Crippen LogP contribution in [0.5, 0.6) is 0 Å². The minimum Gasteiger partial charge on any atom is -0.317 e. The molecule has 0 bridgehead atoms. The Morgan fingerprint density at radius 1 is 1.05 bits per heavy atom. The van der Waals surface area contributed by atoms with E-state index in [4.69, 9.17) is 16.6 Å². The van der Waals surface area contributed by atoms with Gasteiger partial charge >= 0.3 is 0 Å². The Labute approximate surface area is 149 Å². The molecular formula is C17H16BrClN2S. The van der Waals surface area contributed by atoms with Crippen LogP contribution in [-0.2, 0) is 6.54 Å². The lowest BCUT2D eigenvalue weighted by atomic mass is 10.2. The van der Waals surface area contributed by atoms with Gasteiger partial charge in [-0.15, -0.1) is 28.3 Å². The molecule has 0 radical (unpaired) electrons. The highest BCUT2D eigenvalue weighted by Gasteiger charge is 2.06. The molecule has 0 spiro atoms. The van der Waals surface area contributed by atoms with Crippen molar-refractivity contribution >= 4 is 45.6 Å². The number of rotatable bonds is 3. The number of hydrogen-bond donors (Lipinski definition) is 0. The number of aromatic nitrogens is 1. The van der Waals surface area contributed by atoms with Crippen molar-refractivity contribution in [1.29, 1.82) is 0 Å². The first-order valence-corrected chi connectivity index (χ1v) is 8.07. The molecule has 0 saturated heterocycles. The van der Waals surface area contributed by atoms with Crippen LogP contribution in [0, 0.1) is 0 Å². The van der Waals surface area contributed by atoms with Gasteiger partial charge in [0.2, 0.25) is 0 Å². The van der Waals surface area contributed by atoms with E-state index >= 15 is 0 Å². The smallest absolute Gasteiger partial charge is 0.190 e. The van der Waals surface area contributed by atoms with Crippen LogP contribution in [0.3, 0.4) is 0 Å². The first-order chi connectivity index (χ1) is 10.3. The summed E-state index contributed by atoms with van der Waals surface area (Å²) in [5.41, 5.74) is 3.31. The molecule has 0 fully saturated rings. The van der Waals surface area contributed by atoms with Crippen molar-refractivity contribution in [3.8, 4) is 11.3 Å². The molecule has 0 aliphatic rings. The second-order valence-electron chi connectivity index (χ2n) is 4.60. The van der Waals surface area contributed by atoms with Gasteiger partial charge in [-0.05, 0) is 36.8 Å². The average Bonchev–Trinajstić information content (AvgIpc) is 2.92.